The second-order valence-electron chi connectivity index (χ2n) is 5.15. The zero-order valence-corrected chi connectivity index (χ0v) is 15.4. The lowest BCUT2D eigenvalue weighted by Crippen LogP contribution is -2.30. The molecule has 0 amide bonds. The number of hydrogen-bond donors (Lipinski definition) is 0. The van der Waals surface area contributed by atoms with Gasteiger partial charge >= 0.3 is 23.9 Å². The fourth-order valence-corrected chi connectivity index (χ4v) is 2.23. The molecule has 0 aromatic rings. The van der Waals surface area contributed by atoms with Gasteiger partial charge in [0.25, 0.3) is 0 Å². The summed E-state index contributed by atoms with van der Waals surface area (Å²) >= 11 is 0. The number of ether oxygens (including phenoxy) is 4. The molecule has 2 atom stereocenters. The molecule has 0 bridgehead atoms. The quantitative estimate of drug-likeness (QED) is 0.382. The minimum Gasteiger partial charge on any atom is -0.466 e. The van der Waals surface area contributed by atoms with Gasteiger partial charge in [-0.25, -0.2) is 0 Å². The van der Waals surface area contributed by atoms with E-state index in [0.29, 0.717) is 0 Å². The summed E-state index contributed by atoms with van der Waals surface area (Å²) in [7, 11) is 0. The summed E-state index contributed by atoms with van der Waals surface area (Å²) in [5, 5.41) is 0. The molecule has 0 aliphatic rings. The number of hydrogen-bond acceptors (Lipinski definition) is 8. The lowest BCUT2D eigenvalue weighted by Gasteiger charge is -2.20. The van der Waals surface area contributed by atoms with Gasteiger partial charge < -0.3 is 18.9 Å². The highest BCUT2D eigenvalue weighted by Gasteiger charge is 2.33. The van der Waals surface area contributed by atoms with E-state index in [4.69, 9.17) is 18.9 Å². The summed E-state index contributed by atoms with van der Waals surface area (Å²) < 4.78 is 19.6. The van der Waals surface area contributed by atoms with Crippen LogP contribution in [0.25, 0.3) is 0 Å². The Labute approximate surface area is 148 Å². The van der Waals surface area contributed by atoms with Crippen molar-refractivity contribution in [3.63, 3.8) is 0 Å². The maximum atomic E-state index is 12.1. The average molecular weight is 360 g/mol. The third-order valence-electron chi connectivity index (χ3n) is 3.25. The highest BCUT2D eigenvalue weighted by atomic mass is 16.5. The topological polar surface area (TPSA) is 105 Å². The van der Waals surface area contributed by atoms with Gasteiger partial charge in [-0.15, -0.1) is 0 Å². The van der Waals surface area contributed by atoms with Crippen molar-refractivity contribution in [3.05, 3.63) is 0 Å². The SMILES string of the molecule is CCOC(=O)CC(CC(CC(=O)OCC)C(=O)OCC)C(=O)OCC. The largest absolute Gasteiger partial charge is 0.466 e. The van der Waals surface area contributed by atoms with Crippen LogP contribution in [0.15, 0.2) is 0 Å². The van der Waals surface area contributed by atoms with Gasteiger partial charge in [-0.1, -0.05) is 0 Å². The van der Waals surface area contributed by atoms with Crippen LogP contribution < -0.4 is 0 Å². The number of esters is 4. The van der Waals surface area contributed by atoms with Crippen LogP contribution in [0.2, 0.25) is 0 Å². The minimum absolute atomic E-state index is 0.0602. The number of carbonyl (C=O) groups is 4. The third-order valence-corrected chi connectivity index (χ3v) is 3.25. The van der Waals surface area contributed by atoms with Crippen LogP contribution in [-0.2, 0) is 38.1 Å². The van der Waals surface area contributed by atoms with Crippen molar-refractivity contribution in [3.8, 4) is 0 Å². The summed E-state index contributed by atoms with van der Waals surface area (Å²) in [6.45, 7) is 7.22. The number of carbonyl (C=O) groups excluding carboxylic acids is 4. The van der Waals surface area contributed by atoms with Crippen molar-refractivity contribution < 1.29 is 38.1 Å². The summed E-state index contributed by atoms with van der Waals surface area (Å²) in [6, 6.07) is 0. The summed E-state index contributed by atoms with van der Waals surface area (Å²) in [4.78, 5) is 47.7. The van der Waals surface area contributed by atoms with Gasteiger partial charge in [0.15, 0.2) is 0 Å². The predicted octanol–water partition coefficient (Wildman–Crippen LogP) is 1.64. The molecule has 144 valence electrons. The lowest BCUT2D eigenvalue weighted by atomic mass is 9.89. The number of rotatable bonds is 12. The zero-order chi connectivity index (χ0) is 19.2. The van der Waals surface area contributed by atoms with Crippen molar-refractivity contribution in [2.75, 3.05) is 26.4 Å². The molecule has 0 heterocycles. The van der Waals surface area contributed by atoms with Crippen LogP contribution in [0.3, 0.4) is 0 Å². The Morgan fingerprint density at radius 2 is 0.920 bits per heavy atom. The first-order valence-corrected chi connectivity index (χ1v) is 8.53. The van der Waals surface area contributed by atoms with Gasteiger partial charge in [-0.05, 0) is 34.1 Å². The fourth-order valence-electron chi connectivity index (χ4n) is 2.23. The summed E-state index contributed by atoms with van der Waals surface area (Å²) in [5.74, 6) is -4.17. The predicted molar refractivity (Wildman–Crippen MR) is 87.4 cm³/mol. The second kappa shape index (κ2) is 13.2. The first kappa shape index (κ1) is 22.9. The van der Waals surface area contributed by atoms with Gasteiger partial charge in [-0.2, -0.15) is 0 Å². The van der Waals surface area contributed by atoms with E-state index in [1.165, 1.54) is 0 Å². The molecule has 0 fully saturated rings. The van der Waals surface area contributed by atoms with Crippen LogP contribution in [0.5, 0.6) is 0 Å². The molecule has 0 N–H and O–H groups in total. The molecular weight excluding hydrogens is 332 g/mol. The first-order chi connectivity index (χ1) is 11.9. The second-order valence-corrected chi connectivity index (χ2v) is 5.15. The Balaban J connectivity index is 5.18. The minimum atomic E-state index is -0.900. The molecule has 0 spiro atoms. The van der Waals surface area contributed by atoms with Gasteiger partial charge in [0.1, 0.15) is 0 Å². The van der Waals surface area contributed by atoms with E-state index in [1.807, 2.05) is 0 Å². The van der Waals surface area contributed by atoms with Gasteiger partial charge in [0.05, 0.1) is 51.1 Å². The van der Waals surface area contributed by atoms with E-state index < -0.39 is 35.7 Å². The Bertz CT molecular complexity index is 406. The van der Waals surface area contributed by atoms with Crippen molar-refractivity contribution in [2.45, 2.75) is 47.0 Å². The smallest absolute Gasteiger partial charge is 0.309 e. The molecule has 0 saturated carbocycles. The first-order valence-electron chi connectivity index (χ1n) is 8.53. The molecule has 0 aliphatic carbocycles. The van der Waals surface area contributed by atoms with Gasteiger partial charge in [0, 0.05) is 0 Å². The molecule has 8 heteroatoms. The molecule has 0 saturated heterocycles. The van der Waals surface area contributed by atoms with Crippen molar-refractivity contribution in [2.24, 2.45) is 11.8 Å². The van der Waals surface area contributed by atoms with E-state index >= 15 is 0 Å². The Kier molecular flexibility index (Phi) is 12.1. The Morgan fingerprint density at radius 3 is 1.20 bits per heavy atom. The van der Waals surface area contributed by atoms with E-state index in [-0.39, 0.29) is 45.7 Å². The van der Waals surface area contributed by atoms with E-state index in [1.54, 1.807) is 27.7 Å². The molecule has 0 radical (unpaired) electrons. The molecule has 0 aromatic heterocycles. The molecule has 8 nitrogen and oxygen atoms in total. The average Bonchev–Trinajstić information content (AvgIpc) is 2.54. The summed E-state index contributed by atoms with van der Waals surface area (Å²) in [5.41, 5.74) is 0. The van der Waals surface area contributed by atoms with Crippen molar-refractivity contribution >= 4 is 23.9 Å². The van der Waals surface area contributed by atoms with Crippen LogP contribution in [0.4, 0.5) is 0 Å². The maximum Gasteiger partial charge on any atom is 0.309 e. The van der Waals surface area contributed by atoms with Crippen LogP contribution in [0, 0.1) is 11.8 Å². The lowest BCUT2D eigenvalue weighted by molar-refractivity contribution is -0.160. The normalized spacial score (nSPS) is 12.6. The van der Waals surface area contributed by atoms with Crippen LogP contribution in [0.1, 0.15) is 47.0 Å². The Hall–Kier alpha value is -2.12. The van der Waals surface area contributed by atoms with Gasteiger partial charge in [0.2, 0.25) is 0 Å². The highest BCUT2D eigenvalue weighted by Crippen LogP contribution is 2.23. The van der Waals surface area contributed by atoms with Crippen molar-refractivity contribution in [1.82, 2.24) is 0 Å². The van der Waals surface area contributed by atoms with Crippen LogP contribution >= 0.6 is 0 Å². The molecule has 2 unspecified atom stereocenters. The monoisotopic (exact) mass is 360 g/mol. The maximum absolute atomic E-state index is 12.1. The summed E-state index contributed by atoms with van der Waals surface area (Å²) in [6.07, 6.45) is -0.522. The molecule has 0 aliphatic heterocycles. The molecule has 25 heavy (non-hydrogen) atoms. The fraction of sp³-hybridized carbons (Fsp3) is 0.765. The zero-order valence-electron chi connectivity index (χ0n) is 15.4. The molecule has 0 rings (SSSR count). The third kappa shape index (κ3) is 9.69. The van der Waals surface area contributed by atoms with Gasteiger partial charge in [-0.3, -0.25) is 19.2 Å². The Morgan fingerprint density at radius 1 is 0.600 bits per heavy atom. The van der Waals surface area contributed by atoms with Crippen molar-refractivity contribution in [1.29, 1.82) is 0 Å². The van der Waals surface area contributed by atoms with E-state index in [9.17, 15) is 19.2 Å². The highest BCUT2D eigenvalue weighted by molar-refractivity contribution is 5.83. The molecule has 0 aromatic carbocycles. The van der Waals surface area contributed by atoms with Crippen LogP contribution in [-0.4, -0.2) is 50.3 Å². The standard InChI is InChI=1S/C17H28O8/c1-5-22-14(18)10-12(16(20)24-7-3)9-13(17(21)25-8-4)11-15(19)23-6-2/h12-13H,5-11H2,1-4H3. The molecular formula is C17H28O8. The van der Waals surface area contributed by atoms with E-state index in [0.717, 1.165) is 0 Å². The van der Waals surface area contributed by atoms with E-state index in [2.05, 4.69) is 0 Å².